The summed E-state index contributed by atoms with van der Waals surface area (Å²) in [6.45, 7) is -0.968. The first-order valence-electron chi connectivity index (χ1n) is 9.83. The fraction of sp³-hybridized carbons (Fsp3) is 0.286. The Kier molecular flexibility index (Phi) is 7.08. The van der Waals surface area contributed by atoms with Crippen molar-refractivity contribution in [2.75, 3.05) is 10.6 Å². The van der Waals surface area contributed by atoms with Crippen molar-refractivity contribution in [2.45, 2.75) is 39.5 Å². The molecule has 0 fully saturated rings. The van der Waals surface area contributed by atoms with Gasteiger partial charge in [-0.1, -0.05) is 13.3 Å². The lowest BCUT2D eigenvalue weighted by Gasteiger charge is -2.24. The molecule has 0 unspecified atom stereocenters. The van der Waals surface area contributed by atoms with Gasteiger partial charge in [0.15, 0.2) is 5.69 Å². The number of aromatic nitrogens is 2. The van der Waals surface area contributed by atoms with Gasteiger partial charge in [-0.2, -0.15) is 8.78 Å². The Balaban J connectivity index is 2.06. The highest BCUT2D eigenvalue weighted by Crippen LogP contribution is 2.24. The minimum Gasteiger partial charge on any atom is -0.467 e. The second-order valence-electron chi connectivity index (χ2n) is 6.87. The second-order valence-corrected chi connectivity index (χ2v) is 6.87. The van der Waals surface area contributed by atoms with Gasteiger partial charge in [0.1, 0.15) is 17.3 Å². The molecule has 170 valence electrons. The van der Waals surface area contributed by atoms with E-state index in [-0.39, 0.29) is 35.9 Å². The monoisotopic (exact) mass is 448 g/mol. The number of benzene rings is 1. The molecule has 3 aromatic rings. The van der Waals surface area contributed by atoms with E-state index in [1.165, 1.54) is 35.1 Å². The van der Waals surface area contributed by atoms with Crippen LogP contribution in [0.1, 0.15) is 35.9 Å². The number of carbonyl (C=O) groups excluding carboxylic acids is 1. The molecule has 0 aliphatic heterocycles. The topological polar surface area (TPSA) is 124 Å². The highest BCUT2D eigenvalue weighted by Gasteiger charge is 2.26. The number of rotatable bonds is 9. The third-order valence-electron chi connectivity index (χ3n) is 4.68. The largest absolute Gasteiger partial charge is 0.467 e. The smallest absolute Gasteiger partial charge is 0.387 e. The van der Waals surface area contributed by atoms with Gasteiger partial charge in [0, 0.05) is 12.1 Å². The molecule has 0 aliphatic carbocycles. The number of H-pyrrole nitrogens is 1. The lowest BCUT2D eigenvalue weighted by molar-refractivity contribution is -0.0498. The highest BCUT2D eigenvalue weighted by atomic mass is 19.3. The number of unbranched alkanes of at least 4 members (excludes halogenated alkanes) is 1. The van der Waals surface area contributed by atoms with Crippen LogP contribution in [0.15, 0.2) is 56.7 Å². The van der Waals surface area contributed by atoms with E-state index in [1.807, 2.05) is 6.92 Å². The molecule has 0 atom stereocenters. The van der Waals surface area contributed by atoms with Gasteiger partial charge in [0.2, 0.25) is 0 Å². The maximum atomic E-state index is 13.3. The molecule has 1 aromatic carbocycles. The minimum atomic E-state index is -3.01. The molecule has 0 aliphatic rings. The molecular weight excluding hydrogens is 426 g/mol. The first-order valence-corrected chi connectivity index (χ1v) is 9.83. The first-order chi connectivity index (χ1) is 15.3. The Morgan fingerprint density at radius 1 is 1.25 bits per heavy atom. The van der Waals surface area contributed by atoms with Crippen LogP contribution in [0.3, 0.4) is 0 Å². The van der Waals surface area contributed by atoms with E-state index in [4.69, 9.17) is 10.2 Å². The summed E-state index contributed by atoms with van der Waals surface area (Å²) in [5, 5.41) is 0. The van der Waals surface area contributed by atoms with Crippen LogP contribution in [0, 0.1) is 0 Å². The molecule has 0 saturated heterocycles. The predicted octanol–water partition coefficient (Wildman–Crippen LogP) is 2.96. The number of alkyl halides is 2. The van der Waals surface area contributed by atoms with Crippen molar-refractivity contribution in [3.8, 4) is 5.75 Å². The van der Waals surface area contributed by atoms with E-state index in [0.717, 1.165) is 11.3 Å². The van der Waals surface area contributed by atoms with Gasteiger partial charge in [-0.05, 0) is 42.8 Å². The number of nitrogens with zero attached hydrogens (tertiary/aromatic N) is 2. The molecule has 32 heavy (non-hydrogen) atoms. The Hall–Kier alpha value is -3.89. The average Bonchev–Trinajstić information content (AvgIpc) is 3.25. The Bertz CT molecular complexity index is 1170. The summed E-state index contributed by atoms with van der Waals surface area (Å²) in [5.74, 6) is -0.576. The molecule has 0 radical (unpaired) electrons. The van der Waals surface area contributed by atoms with Crippen molar-refractivity contribution in [1.82, 2.24) is 9.55 Å². The Morgan fingerprint density at radius 3 is 2.56 bits per heavy atom. The number of carbonyl (C=O) groups is 1. The van der Waals surface area contributed by atoms with E-state index in [9.17, 15) is 23.2 Å². The van der Waals surface area contributed by atoms with Crippen LogP contribution in [-0.4, -0.2) is 22.1 Å². The summed E-state index contributed by atoms with van der Waals surface area (Å²) < 4.78 is 35.6. The van der Waals surface area contributed by atoms with E-state index in [2.05, 4.69) is 9.72 Å². The summed E-state index contributed by atoms with van der Waals surface area (Å²) in [6, 6.07) is 8.21. The molecule has 9 nitrogen and oxygen atoms in total. The van der Waals surface area contributed by atoms with Gasteiger partial charge in [-0.15, -0.1) is 0 Å². The highest BCUT2D eigenvalue weighted by molar-refractivity contribution is 6.07. The normalized spacial score (nSPS) is 11.0. The number of nitrogens with one attached hydrogen (secondary N) is 1. The van der Waals surface area contributed by atoms with Crippen molar-refractivity contribution >= 4 is 17.4 Å². The fourth-order valence-electron chi connectivity index (χ4n) is 3.12. The quantitative estimate of drug-likeness (QED) is 0.519. The van der Waals surface area contributed by atoms with Gasteiger partial charge in [0.25, 0.3) is 11.5 Å². The number of hydrogen-bond acceptors (Lipinski definition) is 6. The summed E-state index contributed by atoms with van der Waals surface area (Å²) in [5.41, 5.74) is 4.53. The lowest BCUT2D eigenvalue weighted by Crippen LogP contribution is -2.41. The molecule has 3 N–H and O–H groups in total. The number of anilines is 2. The maximum Gasteiger partial charge on any atom is 0.387 e. The van der Waals surface area contributed by atoms with E-state index in [1.54, 1.807) is 12.1 Å². The van der Waals surface area contributed by atoms with Gasteiger partial charge in [-0.25, -0.2) is 4.79 Å². The number of nitrogen functional groups attached to an aromatic ring is 1. The van der Waals surface area contributed by atoms with Crippen LogP contribution in [0.5, 0.6) is 5.75 Å². The molecule has 1 amide bonds. The zero-order valence-electron chi connectivity index (χ0n) is 17.2. The van der Waals surface area contributed by atoms with Crippen LogP contribution in [0.4, 0.5) is 20.3 Å². The molecule has 3 rings (SSSR count). The van der Waals surface area contributed by atoms with Crippen LogP contribution in [0.25, 0.3) is 0 Å². The Labute approximate surface area is 181 Å². The molecule has 0 bridgehead atoms. The molecule has 2 aromatic heterocycles. The third-order valence-corrected chi connectivity index (χ3v) is 4.68. The number of nitrogens with two attached hydrogens (primary N) is 1. The standard InChI is InChI=1S/C21H22F2N4O5/c1-2-3-10-26-17(24)16(18(28)25-21(26)30)27(12-15-5-4-11-31-15)19(29)13-6-8-14(9-7-13)32-20(22)23/h4-9,11,20H,2-3,10,12,24H2,1H3,(H,25,28,30). The van der Waals surface area contributed by atoms with Crippen molar-refractivity contribution in [3.05, 3.63) is 74.8 Å². The molecule has 2 heterocycles. The minimum absolute atomic E-state index is 0.0864. The molecule has 0 spiro atoms. The van der Waals surface area contributed by atoms with E-state index in [0.29, 0.717) is 12.2 Å². The predicted molar refractivity (Wildman–Crippen MR) is 113 cm³/mol. The number of hydrogen-bond donors (Lipinski definition) is 2. The third kappa shape index (κ3) is 5.05. The van der Waals surface area contributed by atoms with Crippen molar-refractivity contribution in [2.24, 2.45) is 0 Å². The van der Waals surface area contributed by atoms with E-state index >= 15 is 0 Å². The maximum absolute atomic E-state index is 13.3. The SMILES string of the molecule is CCCCn1c(N)c(N(Cc2ccco2)C(=O)c2ccc(OC(F)F)cc2)c(=O)[nH]c1=O. The van der Waals surface area contributed by atoms with Gasteiger partial charge in [0.05, 0.1) is 12.8 Å². The van der Waals surface area contributed by atoms with Crippen LogP contribution in [0.2, 0.25) is 0 Å². The lowest BCUT2D eigenvalue weighted by atomic mass is 10.1. The summed E-state index contributed by atoms with van der Waals surface area (Å²) in [4.78, 5) is 41.5. The Morgan fingerprint density at radius 2 is 1.97 bits per heavy atom. The van der Waals surface area contributed by atoms with Crippen molar-refractivity contribution in [1.29, 1.82) is 0 Å². The molecule has 11 heteroatoms. The van der Waals surface area contributed by atoms with Gasteiger partial charge in [-0.3, -0.25) is 24.0 Å². The van der Waals surface area contributed by atoms with Gasteiger partial charge < -0.3 is 14.9 Å². The zero-order valence-corrected chi connectivity index (χ0v) is 17.2. The van der Waals surface area contributed by atoms with E-state index < -0.39 is 23.8 Å². The zero-order chi connectivity index (χ0) is 23.3. The summed E-state index contributed by atoms with van der Waals surface area (Å²) in [6.07, 6.45) is 2.82. The molecule has 0 saturated carbocycles. The van der Waals surface area contributed by atoms with Crippen LogP contribution >= 0.6 is 0 Å². The van der Waals surface area contributed by atoms with Gasteiger partial charge >= 0.3 is 12.3 Å². The fourth-order valence-corrected chi connectivity index (χ4v) is 3.12. The number of furan rings is 1. The number of aromatic amines is 1. The number of ether oxygens (including phenoxy) is 1. The van der Waals surface area contributed by atoms with Crippen molar-refractivity contribution < 1.29 is 22.7 Å². The number of amides is 1. The second kappa shape index (κ2) is 9.94. The van der Waals surface area contributed by atoms with Crippen LogP contribution in [-0.2, 0) is 13.1 Å². The molecular formula is C21H22F2N4O5. The first kappa shape index (κ1) is 22.8. The summed E-state index contributed by atoms with van der Waals surface area (Å²) in [7, 11) is 0. The number of halogens is 2. The summed E-state index contributed by atoms with van der Waals surface area (Å²) >= 11 is 0. The average molecular weight is 448 g/mol. The van der Waals surface area contributed by atoms with Crippen molar-refractivity contribution in [3.63, 3.8) is 0 Å². The van der Waals surface area contributed by atoms with Crippen LogP contribution < -0.4 is 26.6 Å².